The number of dihydropyridines is 1. The largest absolute Gasteiger partial charge is 0.486 e. The standard InChI is InChI=1S/C56H72N8O15/c57-52-39(20-60-31-7-1-2-8-31)33(13-15-59-52)30(22-68)24-76-51-48(73)47(72)41-26-75-23-29(6-5-16-65)42(35-9-3-4-10-40(35)64-27-61-44-53(64)62-56(58)63-54(44)74)38-19-37-43(46(71)36-18-28(21-67)11-12-34(36)45(37)70)50(49(38)79-55(51)78-41)77-25-32(69)14-17-66/h3-4,9-13,17-19,29-32,41-42,44,47-48,51,53,55-56,59-62,65,67-69,72-73H,1-2,5-8,14-16,20-27,57-58H2,(H,63,74). The number of rotatable bonds is 19. The Labute approximate surface area is 456 Å². The fourth-order valence-electron chi connectivity index (χ4n) is 12.2. The summed E-state index contributed by atoms with van der Waals surface area (Å²) in [5.41, 5.74) is 15.8. The van der Waals surface area contributed by atoms with Crippen molar-refractivity contribution in [1.29, 1.82) is 0 Å². The molecule has 3 aromatic rings. The maximum absolute atomic E-state index is 15.2. The number of aliphatic hydroxyl groups is 6. The predicted molar refractivity (Wildman–Crippen MR) is 283 cm³/mol. The van der Waals surface area contributed by atoms with Gasteiger partial charge in [0.1, 0.15) is 61.6 Å². The monoisotopic (exact) mass is 1100 g/mol. The third-order valence-corrected chi connectivity index (χ3v) is 16.3. The number of fused-ring (bicyclic) bond motifs is 6. The van der Waals surface area contributed by atoms with Crippen LogP contribution in [0.4, 0.5) is 5.69 Å². The van der Waals surface area contributed by atoms with E-state index in [-0.39, 0.29) is 97.6 Å². The number of carbonyl (C=O) groups is 4. The van der Waals surface area contributed by atoms with E-state index in [0.29, 0.717) is 48.1 Å². The number of aldehydes is 1. The molecule has 23 heteroatoms. The zero-order valence-corrected chi connectivity index (χ0v) is 43.8. The first-order chi connectivity index (χ1) is 38.3. The number of ketones is 2. The molecule has 3 aromatic carbocycles. The Morgan fingerprint density at radius 1 is 0.949 bits per heavy atom. The van der Waals surface area contributed by atoms with Gasteiger partial charge in [-0.3, -0.25) is 30.8 Å². The van der Waals surface area contributed by atoms with E-state index in [1.165, 1.54) is 12.1 Å². The molecule has 15 N–H and O–H groups in total. The third kappa shape index (κ3) is 11.4. The number of aliphatic hydroxyl groups excluding tert-OH is 6. The first kappa shape index (κ1) is 56.4. The summed E-state index contributed by atoms with van der Waals surface area (Å²) in [6.45, 7) is -1.26. The van der Waals surface area contributed by atoms with Crippen molar-refractivity contribution < 1.29 is 73.5 Å². The highest BCUT2D eigenvalue weighted by atomic mass is 16.7. The van der Waals surface area contributed by atoms with Crippen molar-refractivity contribution in [3.63, 3.8) is 0 Å². The summed E-state index contributed by atoms with van der Waals surface area (Å²) in [7, 11) is 0. The fraction of sp³-hybridized carbons (Fsp3) is 0.536. The zero-order chi connectivity index (χ0) is 55.5. The summed E-state index contributed by atoms with van der Waals surface area (Å²) in [5.74, 6) is -3.91. The molecule has 1 amide bonds. The Morgan fingerprint density at radius 2 is 1.76 bits per heavy atom. The summed E-state index contributed by atoms with van der Waals surface area (Å²) in [6, 6.07) is 12.9. The van der Waals surface area contributed by atoms with Crippen LogP contribution >= 0.6 is 0 Å². The molecule has 12 atom stereocenters. The fourth-order valence-corrected chi connectivity index (χ4v) is 12.2. The minimum absolute atomic E-state index is 0.0446. The van der Waals surface area contributed by atoms with Crippen LogP contribution in [0.3, 0.4) is 0 Å². The summed E-state index contributed by atoms with van der Waals surface area (Å²) >= 11 is 0. The number of anilines is 1. The summed E-state index contributed by atoms with van der Waals surface area (Å²) < 4.78 is 33.4. The second-order valence-corrected chi connectivity index (χ2v) is 21.3. The van der Waals surface area contributed by atoms with Gasteiger partial charge in [-0.2, -0.15) is 0 Å². The number of carbonyl (C=O) groups excluding carboxylic acids is 4. The van der Waals surface area contributed by atoms with Gasteiger partial charge in [-0.1, -0.05) is 43.2 Å². The molecule has 2 bridgehead atoms. The van der Waals surface area contributed by atoms with E-state index in [9.17, 15) is 40.2 Å². The zero-order valence-electron chi connectivity index (χ0n) is 43.8. The summed E-state index contributed by atoms with van der Waals surface area (Å²) in [5, 5.41) is 83.0. The number of ether oxygens (including phenoxy) is 5. The number of benzene rings is 3. The van der Waals surface area contributed by atoms with Gasteiger partial charge in [0.05, 0.1) is 51.4 Å². The molecule has 1 saturated carbocycles. The molecule has 5 aliphatic heterocycles. The molecule has 10 rings (SSSR count). The van der Waals surface area contributed by atoms with Gasteiger partial charge in [-0.05, 0) is 72.6 Å². The number of nitrogens with one attached hydrogen (secondary N) is 5. The summed E-state index contributed by atoms with van der Waals surface area (Å²) in [4.78, 5) is 57.4. The second kappa shape index (κ2) is 24.9. The average molecular weight is 1100 g/mol. The van der Waals surface area contributed by atoms with Gasteiger partial charge in [0.25, 0.3) is 0 Å². The van der Waals surface area contributed by atoms with Gasteiger partial charge < -0.3 is 85.7 Å². The predicted octanol–water partition coefficient (Wildman–Crippen LogP) is -1.09. The maximum Gasteiger partial charge on any atom is 0.242 e. The molecule has 23 nitrogen and oxygen atoms in total. The van der Waals surface area contributed by atoms with Crippen LogP contribution in [0.25, 0.3) is 0 Å². The number of para-hydroxylation sites is 1. The van der Waals surface area contributed by atoms with Crippen LogP contribution in [-0.2, 0) is 30.4 Å². The van der Waals surface area contributed by atoms with Crippen LogP contribution < -0.4 is 52.4 Å². The third-order valence-electron chi connectivity index (χ3n) is 16.3. The van der Waals surface area contributed by atoms with Crippen molar-refractivity contribution in [3.8, 4) is 11.5 Å². The first-order valence-electron chi connectivity index (χ1n) is 27.3. The van der Waals surface area contributed by atoms with Crippen molar-refractivity contribution in [3.05, 3.63) is 111 Å². The number of hydrogen-bond acceptors (Lipinski definition) is 22. The van der Waals surface area contributed by atoms with E-state index in [2.05, 4.69) is 26.6 Å². The Bertz CT molecular complexity index is 2810. The second-order valence-electron chi connectivity index (χ2n) is 21.3. The molecule has 426 valence electrons. The molecule has 79 heavy (non-hydrogen) atoms. The Morgan fingerprint density at radius 3 is 2.53 bits per heavy atom. The quantitative estimate of drug-likeness (QED) is 0.0496. The SMILES string of the molecule is NC1=C(CNC2CCCC2)C(C(CO)COC2C3Oc4c(cc5c(c4OCC(O)CC=O)C(=O)c4cc(CO)ccc4C5=O)C(c4ccccc4N4CNC5C(=O)NC(N)NC54)C(CCCO)COCC(O3)C(O)C2O)=CCN1. The van der Waals surface area contributed by atoms with Crippen molar-refractivity contribution >= 4 is 29.4 Å². The van der Waals surface area contributed by atoms with E-state index in [0.717, 1.165) is 36.8 Å². The van der Waals surface area contributed by atoms with Gasteiger partial charge in [-0.15, -0.1) is 0 Å². The Kier molecular flexibility index (Phi) is 17.7. The lowest BCUT2D eigenvalue weighted by Crippen LogP contribution is -2.70. The van der Waals surface area contributed by atoms with E-state index >= 15 is 9.59 Å². The molecular formula is C56H72N8O15. The van der Waals surface area contributed by atoms with Crippen molar-refractivity contribution in [2.24, 2.45) is 23.3 Å². The van der Waals surface area contributed by atoms with E-state index in [1.54, 1.807) is 12.1 Å². The number of hydrogen-bond donors (Lipinski definition) is 13. The first-order valence-corrected chi connectivity index (χ1v) is 27.3. The maximum atomic E-state index is 15.2. The highest BCUT2D eigenvalue weighted by molar-refractivity contribution is 6.29. The van der Waals surface area contributed by atoms with Crippen molar-refractivity contribution in [1.82, 2.24) is 26.6 Å². The smallest absolute Gasteiger partial charge is 0.242 e. The van der Waals surface area contributed by atoms with Crippen molar-refractivity contribution in [2.75, 3.05) is 64.3 Å². The number of amides is 1. The molecular weight excluding hydrogens is 1020 g/mol. The topological polar surface area (TPSA) is 351 Å². The lowest BCUT2D eigenvalue weighted by Gasteiger charge is -2.43. The number of nitrogens with zero attached hydrogens (tertiary/aromatic N) is 1. The molecule has 0 spiro atoms. The van der Waals surface area contributed by atoms with Gasteiger partial charge in [0.2, 0.25) is 12.2 Å². The van der Waals surface area contributed by atoms with Crippen LogP contribution in [0.5, 0.6) is 11.5 Å². The van der Waals surface area contributed by atoms with Crippen LogP contribution in [-0.4, -0.2) is 175 Å². The van der Waals surface area contributed by atoms with E-state index in [1.807, 2.05) is 35.2 Å². The molecule has 0 radical (unpaired) electrons. The molecule has 2 aliphatic carbocycles. The molecule has 7 aliphatic rings. The molecule has 5 heterocycles. The summed E-state index contributed by atoms with van der Waals surface area (Å²) in [6.07, 6.45) is -3.86. The van der Waals surface area contributed by atoms with E-state index < -0.39 is 104 Å². The highest BCUT2D eigenvalue weighted by Crippen LogP contribution is 2.52. The van der Waals surface area contributed by atoms with Crippen LogP contribution in [0.2, 0.25) is 0 Å². The Balaban J connectivity index is 1.14. The van der Waals surface area contributed by atoms with Gasteiger partial charge in [-0.25, -0.2) is 0 Å². The minimum atomic E-state index is -1.73. The van der Waals surface area contributed by atoms with E-state index in [4.69, 9.17) is 35.2 Å². The molecule has 4 fully saturated rings. The van der Waals surface area contributed by atoms with Crippen molar-refractivity contribution in [2.45, 2.75) is 119 Å². The van der Waals surface area contributed by atoms with Crippen LogP contribution in [0, 0.1) is 11.8 Å². The lowest BCUT2D eigenvalue weighted by molar-refractivity contribution is -0.291. The molecule has 0 aromatic heterocycles. The molecule has 3 saturated heterocycles. The lowest BCUT2D eigenvalue weighted by atomic mass is 9.74. The Hall–Kier alpha value is -5.90. The van der Waals surface area contributed by atoms with Crippen LogP contribution in [0.15, 0.2) is 71.6 Å². The average Bonchev–Trinajstić information content (AvgIpc) is 4.24. The minimum Gasteiger partial charge on any atom is -0.486 e. The van der Waals surface area contributed by atoms with Crippen LogP contribution in [0.1, 0.15) is 99.4 Å². The van der Waals surface area contributed by atoms with Gasteiger partial charge >= 0.3 is 0 Å². The molecule has 12 unspecified atom stereocenters. The number of nitrogens with two attached hydrogens (primary N) is 2. The highest BCUT2D eigenvalue weighted by Gasteiger charge is 2.50. The normalized spacial score (nSPS) is 28.7. The van der Waals surface area contributed by atoms with Gasteiger partial charge in [0, 0.05) is 77.5 Å². The van der Waals surface area contributed by atoms with Gasteiger partial charge in [0.15, 0.2) is 23.1 Å².